The molecule has 10 heteroatoms. The normalized spacial score (nSPS) is 17.4. The molecule has 3 aromatic heterocycles. The van der Waals surface area contributed by atoms with E-state index in [9.17, 15) is 9.90 Å². The predicted octanol–water partition coefficient (Wildman–Crippen LogP) is 4.32. The Labute approximate surface area is 239 Å². The number of nitrogens with zero attached hydrogens (tertiary/aromatic N) is 4. The zero-order valence-corrected chi connectivity index (χ0v) is 23.7. The summed E-state index contributed by atoms with van der Waals surface area (Å²) in [5.41, 5.74) is 1.82. The highest BCUT2D eigenvalue weighted by Crippen LogP contribution is 2.26. The van der Waals surface area contributed by atoms with Crippen molar-refractivity contribution in [2.75, 3.05) is 13.2 Å². The van der Waals surface area contributed by atoms with Crippen LogP contribution in [0.25, 0.3) is 0 Å². The van der Waals surface area contributed by atoms with Crippen LogP contribution in [0.2, 0.25) is 0 Å². The van der Waals surface area contributed by atoms with Crippen LogP contribution in [0, 0.1) is 0 Å². The van der Waals surface area contributed by atoms with E-state index in [-0.39, 0.29) is 12.5 Å². The molecule has 40 heavy (non-hydrogen) atoms. The van der Waals surface area contributed by atoms with Crippen LogP contribution >= 0.6 is 11.3 Å². The van der Waals surface area contributed by atoms with Gasteiger partial charge in [-0.05, 0) is 61.2 Å². The molecule has 0 unspecified atom stereocenters. The molecule has 212 valence electrons. The van der Waals surface area contributed by atoms with Gasteiger partial charge in [-0.2, -0.15) is 0 Å². The number of aliphatic hydroxyl groups is 1. The summed E-state index contributed by atoms with van der Waals surface area (Å²) < 4.78 is 0. The van der Waals surface area contributed by atoms with Gasteiger partial charge in [-0.3, -0.25) is 9.69 Å². The summed E-state index contributed by atoms with van der Waals surface area (Å²) in [7, 11) is 0. The summed E-state index contributed by atoms with van der Waals surface area (Å²) in [6.07, 6.45) is 12.4. The summed E-state index contributed by atoms with van der Waals surface area (Å²) in [6, 6.07) is 13.3. The Morgan fingerprint density at radius 2 is 1.68 bits per heavy atom. The molecule has 0 saturated heterocycles. The quantitative estimate of drug-likeness (QED) is 0.182. The van der Waals surface area contributed by atoms with Gasteiger partial charge in [0.1, 0.15) is 11.6 Å². The largest absolute Gasteiger partial charge is 0.396 e. The lowest BCUT2D eigenvalue weighted by Gasteiger charge is -2.37. The molecule has 1 fully saturated rings. The van der Waals surface area contributed by atoms with Crippen LogP contribution in [-0.4, -0.2) is 66.0 Å². The standard InChI is InChI=1S/C30H39N7O2S/c38-17-2-16-36(20-27-3-1-18-40-27)26-10-8-25(9-11-26)35-19-23-4-6-24(7-5-23)30(39)37(21-28-31-12-13-32-28)22-29-33-14-15-34-29/h1,3-7,12-15,18,25-26,35,38H,2,8-11,16-17,19-22H2,(H,31,32)(H,33,34). The molecule has 9 nitrogen and oxygen atoms in total. The number of thiophene rings is 1. The third-order valence-corrected chi connectivity index (χ3v) is 8.49. The molecule has 1 aliphatic rings. The van der Waals surface area contributed by atoms with Crippen molar-refractivity contribution in [1.29, 1.82) is 0 Å². The number of benzene rings is 1. The highest BCUT2D eigenvalue weighted by molar-refractivity contribution is 7.09. The van der Waals surface area contributed by atoms with Gasteiger partial charge in [-0.1, -0.05) is 18.2 Å². The van der Waals surface area contributed by atoms with E-state index in [1.54, 1.807) is 29.7 Å². The fourth-order valence-electron chi connectivity index (χ4n) is 5.45. The molecule has 0 bridgehead atoms. The number of H-pyrrole nitrogens is 2. The van der Waals surface area contributed by atoms with E-state index in [2.05, 4.69) is 47.7 Å². The Hall–Kier alpha value is -3.31. The number of hydrogen-bond donors (Lipinski definition) is 4. The van der Waals surface area contributed by atoms with Crippen LogP contribution in [0.15, 0.2) is 66.6 Å². The van der Waals surface area contributed by atoms with Gasteiger partial charge in [0, 0.05) is 73.6 Å². The SMILES string of the molecule is O=C(c1ccc(CNC2CCC(N(CCCO)Cc3cccs3)CC2)cc1)N(Cc1ncc[nH]1)Cc1ncc[nH]1. The minimum absolute atomic E-state index is 0.0565. The first-order valence-electron chi connectivity index (χ1n) is 14.1. The van der Waals surface area contributed by atoms with Crippen molar-refractivity contribution in [3.05, 3.63) is 94.2 Å². The number of aliphatic hydroxyl groups excluding tert-OH is 1. The summed E-state index contributed by atoms with van der Waals surface area (Å²) in [5.74, 6) is 1.41. The van der Waals surface area contributed by atoms with E-state index in [0.717, 1.165) is 50.5 Å². The van der Waals surface area contributed by atoms with Crippen LogP contribution in [0.5, 0.6) is 0 Å². The molecule has 1 aliphatic carbocycles. The van der Waals surface area contributed by atoms with Crippen molar-refractivity contribution in [3.8, 4) is 0 Å². The van der Waals surface area contributed by atoms with Gasteiger partial charge < -0.3 is 25.3 Å². The second-order valence-electron chi connectivity index (χ2n) is 10.4. The zero-order chi connectivity index (χ0) is 27.6. The monoisotopic (exact) mass is 561 g/mol. The highest BCUT2D eigenvalue weighted by atomic mass is 32.1. The van der Waals surface area contributed by atoms with Crippen LogP contribution < -0.4 is 5.32 Å². The summed E-state index contributed by atoms with van der Waals surface area (Å²) >= 11 is 1.81. The van der Waals surface area contributed by atoms with E-state index in [4.69, 9.17) is 0 Å². The Bertz CT molecular complexity index is 1220. The minimum Gasteiger partial charge on any atom is -0.396 e. The molecule has 3 heterocycles. The summed E-state index contributed by atoms with van der Waals surface area (Å²) in [6.45, 7) is 3.71. The molecule has 0 radical (unpaired) electrons. The fourth-order valence-corrected chi connectivity index (χ4v) is 6.18. The molecular formula is C30H39N7O2S. The van der Waals surface area contributed by atoms with E-state index >= 15 is 0 Å². The summed E-state index contributed by atoms with van der Waals surface area (Å²) in [4.78, 5) is 33.8. The van der Waals surface area contributed by atoms with Gasteiger partial charge in [-0.25, -0.2) is 9.97 Å². The number of aromatic amines is 2. The number of rotatable bonds is 14. The molecular weight excluding hydrogens is 522 g/mol. The van der Waals surface area contributed by atoms with E-state index in [0.29, 0.717) is 30.7 Å². The van der Waals surface area contributed by atoms with Crippen molar-refractivity contribution < 1.29 is 9.90 Å². The van der Waals surface area contributed by atoms with Gasteiger partial charge in [0.05, 0.1) is 13.1 Å². The first kappa shape index (κ1) is 28.2. The predicted molar refractivity (Wildman–Crippen MR) is 157 cm³/mol. The van der Waals surface area contributed by atoms with Crippen molar-refractivity contribution in [2.45, 2.75) is 70.4 Å². The van der Waals surface area contributed by atoms with E-state index in [1.165, 1.54) is 23.3 Å². The Balaban J connectivity index is 1.11. The van der Waals surface area contributed by atoms with Crippen molar-refractivity contribution in [1.82, 2.24) is 35.1 Å². The first-order valence-corrected chi connectivity index (χ1v) is 15.0. The average molecular weight is 562 g/mol. The molecule has 0 atom stereocenters. The van der Waals surface area contributed by atoms with Gasteiger partial charge in [0.2, 0.25) is 0 Å². The molecule has 0 spiro atoms. The molecule has 4 N–H and O–H groups in total. The van der Waals surface area contributed by atoms with Crippen molar-refractivity contribution in [2.24, 2.45) is 0 Å². The molecule has 4 aromatic rings. The van der Waals surface area contributed by atoms with Crippen LogP contribution in [0.3, 0.4) is 0 Å². The number of imidazole rings is 2. The van der Waals surface area contributed by atoms with E-state index in [1.807, 2.05) is 35.6 Å². The second-order valence-corrected chi connectivity index (χ2v) is 11.5. The van der Waals surface area contributed by atoms with Crippen LogP contribution in [-0.2, 0) is 26.2 Å². The fraction of sp³-hybridized carbons (Fsp3) is 0.433. The lowest BCUT2D eigenvalue weighted by atomic mass is 9.89. The van der Waals surface area contributed by atoms with E-state index < -0.39 is 0 Å². The van der Waals surface area contributed by atoms with Crippen LogP contribution in [0.4, 0.5) is 0 Å². The Morgan fingerprint density at radius 3 is 2.25 bits per heavy atom. The van der Waals surface area contributed by atoms with Gasteiger partial charge in [-0.15, -0.1) is 11.3 Å². The molecule has 1 saturated carbocycles. The summed E-state index contributed by atoms with van der Waals surface area (Å²) in [5, 5.41) is 15.3. The Kier molecular flexibility index (Phi) is 10.1. The molecule has 0 aliphatic heterocycles. The maximum absolute atomic E-state index is 13.4. The van der Waals surface area contributed by atoms with Gasteiger partial charge >= 0.3 is 0 Å². The number of hydrogen-bond acceptors (Lipinski definition) is 7. The second kappa shape index (κ2) is 14.4. The lowest BCUT2D eigenvalue weighted by molar-refractivity contribution is 0.0721. The number of aromatic nitrogens is 4. The lowest BCUT2D eigenvalue weighted by Crippen LogP contribution is -2.42. The van der Waals surface area contributed by atoms with Crippen LogP contribution in [0.1, 0.15) is 64.6 Å². The minimum atomic E-state index is -0.0565. The first-order chi connectivity index (χ1) is 19.7. The molecule has 1 aromatic carbocycles. The maximum Gasteiger partial charge on any atom is 0.254 e. The number of amides is 1. The van der Waals surface area contributed by atoms with Gasteiger partial charge in [0.15, 0.2) is 0 Å². The zero-order valence-electron chi connectivity index (χ0n) is 22.8. The molecule has 5 rings (SSSR count). The highest BCUT2D eigenvalue weighted by Gasteiger charge is 2.26. The Morgan fingerprint density at radius 1 is 0.975 bits per heavy atom. The molecule has 1 amide bonds. The number of carbonyl (C=O) groups excluding carboxylic acids is 1. The average Bonchev–Trinajstić information content (AvgIpc) is 3.79. The third-order valence-electron chi connectivity index (χ3n) is 7.63. The third kappa shape index (κ3) is 7.88. The van der Waals surface area contributed by atoms with Crippen molar-refractivity contribution >= 4 is 17.2 Å². The topological polar surface area (TPSA) is 113 Å². The number of nitrogens with one attached hydrogen (secondary N) is 3. The number of carbonyl (C=O) groups is 1. The smallest absolute Gasteiger partial charge is 0.254 e. The van der Waals surface area contributed by atoms with Crippen molar-refractivity contribution in [3.63, 3.8) is 0 Å². The van der Waals surface area contributed by atoms with Gasteiger partial charge in [0.25, 0.3) is 5.91 Å². The maximum atomic E-state index is 13.4.